The molecule has 1 aromatic carbocycles. The van der Waals surface area contributed by atoms with Crippen LogP contribution in [0.15, 0.2) is 55.1 Å². The van der Waals surface area contributed by atoms with E-state index in [0.717, 1.165) is 4.68 Å². The van der Waals surface area contributed by atoms with Crippen molar-refractivity contribution in [3.63, 3.8) is 0 Å². The first-order valence-electron chi connectivity index (χ1n) is 9.18. The number of ether oxygens (including phenoxy) is 2. The SMILES string of the molecule is CC(C)(C)OC(=O)n1cc(-c2cc(Oc3ccc(N)cc3F)c3ccnn3c2)cn1. The van der Waals surface area contributed by atoms with Gasteiger partial charge in [-0.15, -0.1) is 0 Å². The van der Waals surface area contributed by atoms with E-state index in [2.05, 4.69) is 10.2 Å². The Kier molecular flexibility index (Phi) is 4.65. The summed E-state index contributed by atoms with van der Waals surface area (Å²) in [6.07, 6.45) is 5.86. The molecule has 0 amide bonds. The number of nitrogens with zero attached hydrogens (tertiary/aromatic N) is 4. The Hall–Kier alpha value is -3.88. The Morgan fingerprint density at radius 3 is 2.60 bits per heavy atom. The van der Waals surface area contributed by atoms with Crippen molar-refractivity contribution in [2.24, 2.45) is 0 Å². The summed E-state index contributed by atoms with van der Waals surface area (Å²) in [5, 5.41) is 8.32. The van der Waals surface area contributed by atoms with Crippen LogP contribution >= 0.6 is 0 Å². The monoisotopic (exact) mass is 409 g/mol. The Morgan fingerprint density at radius 1 is 1.07 bits per heavy atom. The second kappa shape index (κ2) is 7.18. The van der Waals surface area contributed by atoms with Gasteiger partial charge in [0.05, 0.1) is 12.4 Å². The first-order valence-corrected chi connectivity index (χ1v) is 9.18. The Bertz CT molecular complexity index is 1240. The van der Waals surface area contributed by atoms with Gasteiger partial charge in [0.25, 0.3) is 0 Å². The molecule has 0 atom stereocenters. The molecular weight excluding hydrogens is 389 g/mol. The first-order chi connectivity index (χ1) is 14.2. The summed E-state index contributed by atoms with van der Waals surface area (Å²) in [6.45, 7) is 5.34. The van der Waals surface area contributed by atoms with E-state index in [1.54, 1.807) is 62.1 Å². The van der Waals surface area contributed by atoms with Crippen LogP contribution in [0.2, 0.25) is 0 Å². The molecule has 0 unspecified atom stereocenters. The summed E-state index contributed by atoms with van der Waals surface area (Å²) in [6, 6.07) is 7.69. The number of hydrogen-bond acceptors (Lipinski definition) is 6. The van der Waals surface area contributed by atoms with Gasteiger partial charge in [-0.1, -0.05) is 0 Å². The molecule has 0 aliphatic heterocycles. The van der Waals surface area contributed by atoms with Crippen LogP contribution in [-0.2, 0) is 4.74 Å². The minimum atomic E-state index is -0.638. The largest absolute Gasteiger partial charge is 0.452 e. The molecule has 154 valence electrons. The van der Waals surface area contributed by atoms with E-state index in [-0.39, 0.29) is 5.75 Å². The summed E-state index contributed by atoms with van der Waals surface area (Å²) in [5.41, 5.74) is 7.23. The van der Waals surface area contributed by atoms with Crippen LogP contribution in [0.5, 0.6) is 11.5 Å². The smallest absolute Gasteiger partial charge is 0.435 e. The van der Waals surface area contributed by atoms with Gasteiger partial charge < -0.3 is 15.2 Å². The molecule has 0 spiro atoms. The molecule has 0 saturated carbocycles. The highest BCUT2D eigenvalue weighted by molar-refractivity contribution is 5.74. The van der Waals surface area contributed by atoms with E-state index < -0.39 is 17.5 Å². The molecule has 0 aliphatic carbocycles. The summed E-state index contributed by atoms with van der Waals surface area (Å²) in [5.74, 6) is -0.150. The fourth-order valence-corrected chi connectivity index (χ4v) is 2.83. The van der Waals surface area contributed by atoms with Gasteiger partial charge in [0.1, 0.15) is 11.1 Å². The van der Waals surface area contributed by atoms with Crippen molar-refractivity contribution in [2.45, 2.75) is 26.4 Å². The van der Waals surface area contributed by atoms with Crippen molar-refractivity contribution >= 4 is 17.3 Å². The fraction of sp³-hybridized carbons (Fsp3) is 0.190. The Balaban J connectivity index is 1.70. The maximum absolute atomic E-state index is 14.2. The average molecular weight is 409 g/mol. The second-order valence-corrected chi connectivity index (χ2v) is 7.70. The van der Waals surface area contributed by atoms with Crippen molar-refractivity contribution in [3.05, 3.63) is 60.9 Å². The molecule has 3 aromatic heterocycles. The van der Waals surface area contributed by atoms with E-state index in [9.17, 15) is 9.18 Å². The van der Waals surface area contributed by atoms with Crippen LogP contribution in [0.4, 0.5) is 14.9 Å². The number of aromatic nitrogens is 4. The fourth-order valence-electron chi connectivity index (χ4n) is 2.83. The molecule has 30 heavy (non-hydrogen) atoms. The molecule has 4 rings (SSSR count). The first kappa shape index (κ1) is 19.4. The lowest BCUT2D eigenvalue weighted by Gasteiger charge is -2.18. The average Bonchev–Trinajstić information content (AvgIpc) is 3.31. The maximum Gasteiger partial charge on any atom is 0.435 e. The second-order valence-electron chi connectivity index (χ2n) is 7.70. The molecule has 0 aliphatic rings. The normalized spacial score (nSPS) is 11.6. The number of hydrogen-bond donors (Lipinski definition) is 1. The lowest BCUT2D eigenvalue weighted by molar-refractivity contribution is 0.0514. The molecule has 0 bridgehead atoms. The molecule has 3 heterocycles. The van der Waals surface area contributed by atoms with Gasteiger partial charge in [-0.25, -0.2) is 13.7 Å². The van der Waals surface area contributed by atoms with Crippen molar-refractivity contribution in [2.75, 3.05) is 5.73 Å². The molecular formula is C21H20FN5O3. The standard InChI is InChI=1S/C21H20FN5O3/c1-21(2,3)30-20(28)27-12-14(10-25-27)13-8-19(17-6-7-24-26(17)11-13)29-18-5-4-15(23)9-16(18)22/h4-12H,23H2,1-3H3. The van der Waals surface area contributed by atoms with Crippen LogP contribution in [0.3, 0.4) is 0 Å². The van der Waals surface area contributed by atoms with E-state index in [1.807, 2.05) is 0 Å². The van der Waals surface area contributed by atoms with Gasteiger partial charge in [0.15, 0.2) is 17.3 Å². The van der Waals surface area contributed by atoms with Gasteiger partial charge in [-0.3, -0.25) is 0 Å². The number of halogens is 1. The molecule has 0 fully saturated rings. The third-order valence-corrected chi connectivity index (χ3v) is 4.14. The summed E-state index contributed by atoms with van der Waals surface area (Å²) < 4.78 is 28.1. The van der Waals surface area contributed by atoms with Gasteiger partial charge in [0, 0.05) is 35.3 Å². The predicted octanol–water partition coefficient (Wildman–Crippen LogP) is 4.49. The highest BCUT2D eigenvalue weighted by atomic mass is 19.1. The van der Waals surface area contributed by atoms with Crippen LogP contribution < -0.4 is 10.5 Å². The molecule has 0 saturated heterocycles. The number of anilines is 1. The zero-order valence-electron chi connectivity index (χ0n) is 16.7. The lowest BCUT2D eigenvalue weighted by Crippen LogP contribution is -2.27. The molecule has 9 heteroatoms. The van der Waals surface area contributed by atoms with Crippen LogP contribution in [0, 0.1) is 5.82 Å². The Labute approximate surface area is 171 Å². The predicted molar refractivity (Wildman–Crippen MR) is 109 cm³/mol. The molecule has 8 nitrogen and oxygen atoms in total. The van der Waals surface area contributed by atoms with Gasteiger partial charge in [0.2, 0.25) is 0 Å². The van der Waals surface area contributed by atoms with Crippen LogP contribution in [-0.4, -0.2) is 31.1 Å². The Morgan fingerprint density at radius 2 is 1.87 bits per heavy atom. The van der Waals surface area contributed by atoms with Gasteiger partial charge >= 0.3 is 6.09 Å². The van der Waals surface area contributed by atoms with Crippen molar-refractivity contribution in [3.8, 4) is 22.6 Å². The van der Waals surface area contributed by atoms with Crippen LogP contribution in [0.1, 0.15) is 20.8 Å². The zero-order valence-corrected chi connectivity index (χ0v) is 16.7. The number of carbonyl (C=O) groups excluding carboxylic acids is 1. The summed E-state index contributed by atoms with van der Waals surface area (Å²) in [4.78, 5) is 12.2. The third kappa shape index (κ3) is 3.95. The number of fused-ring (bicyclic) bond motifs is 1. The summed E-state index contributed by atoms with van der Waals surface area (Å²) >= 11 is 0. The highest BCUT2D eigenvalue weighted by Crippen LogP contribution is 2.33. The maximum atomic E-state index is 14.2. The molecule has 0 radical (unpaired) electrons. The van der Waals surface area contributed by atoms with Crippen molar-refractivity contribution < 1.29 is 18.7 Å². The lowest BCUT2D eigenvalue weighted by atomic mass is 10.1. The number of rotatable bonds is 3. The van der Waals surface area contributed by atoms with Crippen molar-refractivity contribution in [1.82, 2.24) is 19.4 Å². The molecule has 4 aromatic rings. The number of carbonyl (C=O) groups is 1. The number of nitrogen functional groups attached to an aromatic ring is 1. The van der Waals surface area contributed by atoms with Crippen LogP contribution in [0.25, 0.3) is 16.6 Å². The minimum absolute atomic E-state index is 0.0360. The molecule has 2 N–H and O–H groups in total. The number of nitrogens with two attached hydrogens (primary N) is 1. The van der Waals surface area contributed by atoms with Crippen molar-refractivity contribution in [1.29, 1.82) is 0 Å². The van der Waals surface area contributed by atoms with E-state index in [0.29, 0.717) is 28.1 Å². The van der Waals surface area contributed by atoms with E-state index in [1.165, 1.54) is 18.3 Å². The third-order valence-electron chi connectivity index (χ3n) is 4.14. The van der Waals surface area contributed by atoms with E-state index in [4.69, 9.17) is 15.2 Å². The van der Waals surface area contributed by atoms with Gasteiger partial charge in [-0.2, -0.15) is 14.9 Å². The van der Waals surface area contributed by atoms with E-state index >= 15 is 0 Å². The quantitative estimate of drug-likeness (QED) is 0.501. The topological polar surface area (TPSA) is 96.7 Å². The number of benzene rings is 1. The summed E-state index contributed by atoms with van der Waals surface area (Å²) in [7, 11) is 0. The van der Waals surface area contributed by atoms with Gasteiger partial charge in [-0.05, 0) is 45.0 Å². The highest BCUT2D eigenvalue weighted by Gasteiger charge is 2.19. The minimum Gasteiger partial charge on any atom is -0.452 e. The number of pyridine rings is 1. The zero-order chi connectivity index (χ0) is 21.5.